The van der Waals surface area contributed by atoms with E-state index >= 15 is 0 Å². The van der Waals surface area contributed by atoms with Crippen molar-refractivity contribution < 1.29 is 0 Å². The van der Waals surface area contributed by atoms with E-state index in [-0.39, 0.29) is 0 Å². The average molecular weight is 396 g/mol. The highest BCUT2D eigenvalue weighted by Gasteiger charge is 2.16. The molecule has 0 amide bonds. The summed E-state index contributed by atoms with van der Waals surface area (Å²) in [5.41, 5.74) is 5.73. The van der Waals surface area contributed by atoms with E-state index in [2.05, 4.69) is 49.6 Å². The molecule has 0 radical (unpaired) electrons. The molecule has 1 aliphatic rings. The molecule has 0 saturated carbocycles. The number of aromatic amines is 1. The van der Waals surface area contributed by atoms with E-state index in [9.17, 15) is 0 Å². The molecule has 2 aromatic heterocycles. The van der Waals surface area contributed by atoms with Crippen molar-refractivity contribution in [1.82, 2.24) is 30.3 Å². The van der Waals surface area contributed by atoms with Crippen LogP contribution in [-0.4, -0.2) is 43.4 Å². The van der Waals surface area contributed by atoms with Gasteiger partial charge >= 0.3 is 0 Å². The lowest BCUT2D eigenvalue weighted by molar-refractivity contribution is 0.221. The number of piperidine rings is 1. The largest absolute Gasteiger partial charge is 0.299 e. The minimum atomic E-state index is 0.541. The first kappa shape index (κ1) is 18.6. The molecule has 1 fully saturated rings. The van der Waals surface area contributed by atoms with Crippen molar-refractivity contribution in [2.75, 3.05) is 13.1 Å². The third kappa shape index (κ3) is 4.00. The molecule has 4 aromatic rings. The van der Waals surface area contributed by atoms with Gasteiger partial charge in [-0.15, -0.1) is 10.2 Å². The lowest BCUT2D eigenvalue weighted by Gasteiger charge is -2.26. The van der Waals surface area contributed by atoms with Gasteiger partial charge in [-0.2, -0.15) is 5.10 Å². The Balaban J connectivity index is 1.50. The van der Waals surface area contributed by atoms with Crippen LogP contribution in [0.2, 0.25) is 0 Å². The summed E-state index contributed by atoms with van der Waals surface area (Å²) in [4.78, 5) is 7.39. The number of H-pyrrole nitrogens is 1. The van der Waals surface area contributed by atoms with Crippen LogP contribution >= 0.6 is 0 Å². The van der Waals surface area contributed by atoms with Gasteiger partial charge < -0.3 is 0 Å². The van der Waals surface area contributed by atoms with Gasteiger partial charge in [0.05, 0.1) is 0 Å². The maximum atomic E-state index is 4.85. The lowest BCUT2D eigenvalue weighted by Crippen LogP contribution is -2.29. The maximum Gasteiger partial charge on any atom is 0.200 e. The van der Waals surface area contributed by atoms with Crippen LogP contribution in [0.15, 0.2) is 66.9 Å². The first-order valence-electron chi connectivity index (χ1n) is 10.5. The number of hydrogen-bond donors (Lipinski definition) is 1. The molecule has 0 atom stereocenters. The fourth-order valence-electron chi connectivity index (χ4n) is 3.96. The summed E-state index contributed by atoms with van der Waals surface area (Å²) in [6.45, 7) is 3.40. The monoisotopic (exact) mass is 396 g/mol. The lowest BCUT2D eigenvalue weighted by atomic mass is 10.0. The smallest absolute Gasteiger partial charge is 0.200 e. The van der Waals surface area contributed by atoms with Crippen molar-refractivity contribution in [3.8, 4) is 34.0 Å². The Kier molecular flexibility index (Phi) is 5.31. The van der Waals surface area contributed by atoms with Crippen molar-refractivity contribution >= 4 is 0 Å². The van der Waals surface area contributed by atoms with Crippen LogP contribution in [-0.2, 0) is 6.54 Å². The molecular formula is C24H24N6. The molecule has 6 heteroatoms. The zero-order valence-corrected chi connectivity index (χ0v) is 16.8. The summed E-state index contributed by atoms with van der Waals surface area (Å²) in [5, 5.41) is 15.8. The van der Waals surface area contributed by atoms with Gasteiger partial charge in [-0.05, 0) is 37.6 Å². The molecule has 150 valence electrons. The molecule has 0 unspecified atom stereocenters. The number of likely N-dealkylation sites (tertiary alicyclic amines) is 1. The first-order chi connectivity index (χ1) is 14.9. The highest BCUT2D eigenvalue weighted by atomic mass is 15.2. The van der Waals surface area contributed by atoms with Crippen LogP contribution in [0, 0.1) is 0 Å². The van der Waals surface area contributed by atoms with Gasteiger partial charge in [0.2, 0.25) is 0 Å². The molecule has 0 spiro atoms. The first-order valence-corrected chi connectivity index (χ1v) is 10.5. The van der Waals surface area contributed by atoms with Crippen LogP contribution in [0.1, 0.15) is 24.8 Å². The third-order valence-corrected chi connectivity index (χ3v) is 5.56. The Morgan fingerprint density at radius 2 is 1.53 bits per heavy atom. The standard InChI is InChI=1S/C24H24N6/c1-3-7-19(8-4-1)23-22(26-24(29-28-23)21-13-14-25-27-21)20-11-9-18(10-12-20)17-30-15-5-2-6-16-30/h1,3-4,7-14H,2,5-6,15-17H2,(H,25,27). The van der Waals surface area contributed by atoms with E-state index in [4.69, 9.17) is 4.98 Å². The van der Waals surface area contributed by atoms with Gasteiger partial charge in [0, 0.05) is 23.9 Å². The van der Waals surface area contributed by atoms with Crippen LogP contribution in [0.3, 0.4) is 0 Å². The molecule has 0 aliphatic carbocycles. The Bertz CT molecular complexity index is 1080. The number of hydrogen-bond acceptors (Lipinski definition) is 5. The Morgan fingerprint density at radius 3 is 2.27 bits per heavy atom. The summed E-state index contributed by atoms with van der Waals surface area (Å²) in [5.74, 6) is 0.541. The summed E-state index contributed by atoms with van der Waals surface area (Å²) >= 11 is 0. The number of aromatic nitrogens is 5. The van der Waals surface area contributed by atoms with Crippen LogP contribution in [0.25, 0.3) is 34.0 Å². The molecule has 1 saturated heterocycles. The summed E-state index contributed by atoms with van der Waals surface area (Å²) < 4.78 is 0. The fourth-order valence-corrected chi connectivity index (χ4v) is 3.96. The summed E-state index contributed by atoms with van der Waals surface area (Å²) in [6, 6.07) is 20.6. The Morgan fingerprint density at radius 1 is 0.767 bits per heavy atom. The van der Waals surface area contributed by atoms with Crippen LogP contribution in [0.5, 0.6) is 0 Å². The maximum absolute atomic E-state index is 4.85. The minimum absolute atomic E-state index is 0.541. The highest BCUT2D eigenvalue weighted by molar-refractivity contribution is 5.78. The Hall–Kier alpha value is -3.38. The van der Waals surface area contributed by atoms with E-state index in [1.54, 1.807) is 6.20 Å². The second kappa shape index (κ2) is 8.55. The van der Waals surface area contributed by atoms with Gasteiger partial charge in [-0.25, -0.2) is 4.98 Å². The van der Waals surface area contributed by atoms with Gasteiger partial charge in [-0.3, -0.25) is 10.00 Å². The number of nitrogens with zero attached hydrogens (tertiary/aromatic N) is 5. The van der Waals surface area contributed by atoms with Gasteiger partial charge in [0.25, 0.3) is 0 Å². The highest BCUT2D eigenvalue weighted by Crippen LogP contribution is 2.30. The van der Waals surface area contributed by atoms with Gasteiger partial charge in [0.1, 0.15) is 17.1 Å². The molecule has 0 bridgehead atoms. The van der Waals surface area contributed by atoms with E-state index < -0.39 is 0 Å². The van der Waals surface area contributed by atoms with Crippen molar-refractivity contribution in [3.05, 3.63) is 72.4 Å². The molecule has 1 N–H and O–H groups in total. The zero-order valence-electron chi connectivity index (χ0n) is 16.8. The molecule has 2 aromatic carbocycles. The van der Waals surface area contributed by atoms with Crippen molar-refractivity contribution in [2.45, 2.75) is 25.8 Å². The second-order valence-corrected chi connectivity index (χ2v) is 7.70. The number of benzene rings is 2. The predicted molar refractivity (Wildman–Crippen MR) is 117 cm³/mol. The average Bonchev–Trinajstić information content (AvgIpc) is 3.36. The van der Waals surface area contributed by atoms with Crippen molar-refractivity contribution in [3.63, 3.8) is 0 Å². The number of rotatable bonds is 5. The second-order valence-electron chi connectivity index (χ2n) is 7.70. The minimum Gasteiger partial charge on any atom is -0.299 e. The molecule has 3 heterocycles. The molecule has 1 aliphatic heterocycles. The predicted octanol–water partition coefficient (Wildman–Crippen LogP) is 4.58. The third-order valence-electron chi connectivity index (χ3n) is 5.56. The van der Waals surface area contributed by atoms with E-state index in [0.717, 1.165) is 34.8 Å². The van der Waals surface area contributed by atoms with Crippen LogP contribution in [0.4, 0.5) is 0 Å². The van der Waals surface area contributed by atoms with Gasteiger partial charge in [-0.1, -0.05) is 61.0 Å². The molecule has 5 rings (SSSR count). The Labute approximate surface area is 176 Å². The van der Waals surface area contributed by atoms with E-state index in [0.29, 0.717) is 5.82 Å². The van der Waals surface area contributed by atoms with Crippen LogP contribution < -0.4 is 0 Å². The summed E-state index contributed by atoms with van der Waals surface area (Å²) in [7, 11) is 0. The molecule has 6 nitrogen and oxygen atoms in total. The van der Waals surface area contributed by atoms with Gasteiger partial charge in [0.15, 0.2) is 5.82 Å². The SMILES string of the molecule is c1ccc(-c2nnc(-c3ccn[nH]3)nc2-c2ccc(CN3CCCCC3)cc2)cc1. The summed E-state index contributed by atoms with van der Waals surface area (Å²) in [6.07, 6.45) is 5.67. The topological polar surface area (TPSA) is 70.6 Å². The van der Waals surface area contributed by atoms with E-state index in [1.807, 2.05) is 36.4 Å². The quantitative estimate of drug-likeness (QED) is 0.535. The fraction of sp³-hybridized carbons (Fsp3) is 0.250. The normalized spacial score (nSPS) is 14.7. The van der Waals surface area contributed by atoms with E-state index in [1.165, 1.54) is 37.9 Å². The van der Waals surface area contributed by atoms with Crippen molar-refractivity contribution in [2.24, 2.45) is 0 Å². The number of nitrogens with one attached hydrogen (secondary N) is 1. The van der Waals surface area contributed by atoms with Crippen molar-refractivity contribution in [1.29, 1.82) is 0 Å². The zero-order chi connectivity index (χ0) is 20.2. The molecule has 30 heavy (non-hydrogen) atoms. The molecular weight excluding hydrogens is 372 g/mol.